The van der Waals surface area contributed by atoms with Crippen LogP contribution in [0.1, 0.15) is 28.7 Å². The van der Waals surface area contributed by atoms with Crippen molar-refractivity contribution >= 4 is 11.6 Å². The zero-order chi connectivity index (χ0) is 16.4. The lowest BCUT2D eigenvalue weighted by atomic mass is 10.0. The summed E-state index contributed by atoms with van der Waals surface area (Å²) < 4.78 is 0. The first-order valence-electron chi connectivity index (χ1n) is 7.76. The molecule has 0 atom stereocenters. The summed E-state index contributed by atoms with van der Waals surface area (Å²) >= 11 is 0. The molecule has 4 heteroatoms. The number of phenols is 1. The van der Waals surface area contributed by atoms with Crippen molar-refractivity contribution in [1.29, 1.82) is 0 Å². The van der Waals surface area contributed by atoms with Crippen LogP contribution in [0.5, 0.6) is 5.75 Å². The second-order valence-corrected chi connectivity index (χ2v) is 5.97. The molecule has 2 aromatic carbocycles. The van der Waals surface area contributed by atoms with Crippen LogP contribution in [-0.2, 0) is 11.2 Å². The summed E-state index contributed by atoms with van der Waals surface area (Å²) in [6.45, 7) is 4.67. The van der Waals surface area contributed by atoms with Crippen LogP contribution < -0.4 is 0 Å². The number of hydrogen-bond donors (Lipinski definition) is 1. The Morgan fingerprint density at radius 3 is 2.65 bits per heavy atom. The van der Waals surface area contributed by atoms with Gasteiger partial charge in [-0.3, -0.25) is 4.79 Å². The molecule has 1 N–H and O–H groups in total. The second kappa shape index (κ2) is 6.24. The first-order valence-corrected chi connectivity index (χ1v) is 7.76. The van der Waals surface area contributed by atoms with Crippen LogP contribution in [0.2, 0.25) is 0 Å². The Hall–Kier alpha value is -2.62. The molecule has 0 fully saturated rings. The van der Waals surface area contributed by atoms with Gasteiger partial charge < -0.3 is 5.11 Å². The van der Waals surface area contributed by atoms with Gasteiger partial charge in [0.1, 0.15) is 5.75 Å². The number of aromatic hydroxyl groups is 1. The molecule has 0 saturated heterocycles. The molecule has 1 amide bonds. The SMILES string of the molecule is Cc1ccc(C)c(CC(=O)N2CCC(c3ccc(O)cc3)=N2)c1. The fourth-order valence-corrected chi connectivity index (χ4v) is 2.74. The van der Waals surface area contributed by atoms with Crippen LogP contribution in [0.3, 0.4) is 0 Å². The maximum atomic E-state index is 12.5. The molecule has 0 aliphatic carbocycles. The summed E-state index contributed by atoms with van der Waals surface area (Å²) in [6.07, 6.45) is 1.11. The highest BCUT2D eigenvalue weighted by Gasteiger charge is 2.22. The van der Waals surface area contributed by atoms with E-state index >= 15 is 0 Å². The zero-order valence-electron chi connectivity index (χ0n) is 13.4. The van der Waals surface area contributed by atoms with Gasteiger partial charge in [0.25, 0.3) is 0 Å². The molecule has 0 saturated carbocycles. The van der Waals surface area contributed by atoms with E-state index in [0.29, 0.717) is 13.0 Å². The normalized spacial score (nSPS) is 14.0. The molecular formula is C19H20N2O2. The maximum Gasteiger partial charge on any atom is 0.247 e. The Kier molecular flexibility index (Phi) is 4.15. The minimum atomic E-state index is 0.0208. The van der Waals surface area contributed by atoms with Gasteiger partial charge in [0, 0.05) is 6.42 Å². The Bertz CT molecular complexity index is 763. The summed E-state index contributed by atoms with van der Waals surface area (Å²) in [6, 6.07) is 13.1. The minimum Gasteiger partial charge on any atom is -0.508 e. The van der Waals surface area contributed by atoms with Crippen molar-refractivity contribution in [1.82, 2.24) is 5.01 Å². The van der Waals surface area contributed by atoms with Gasteiger partial charge in [-0.15, -0.1) is 0 Å². The number of aryl methyl sites for hydroxylation is 2. The van der Waals surface area contributed by atoms with Crippen molar-refractivity contribution < 1.29 is 9.90 Å². The standard InChI is InChI=1S/C19H20N2O2/c1-13-3-4-14(2)16(11-13)12-19(23)21-10-9-18(20-21)15-5-7-17(22)8-6-15/h3-8,11,22H,9-10,12H2,1-2H3. The summed E-state index contributed by atoms with van der Waals surface area (Å²) in [4.78, 5) is 12.5. The minimum absolute atomic E-state index is 0.0208. The molecule has 0 aromatic heterocycles. The number of carbonyl (C=O) groups excluding carboxylic acids is 1. The summed E-state index contributed by atoms with van der Waals surface area (Å²) in [7, 11) is 0. The highest BCUT2D eigenvalue weighted by molar-refractivity contribution is 6.02. The molecule has 2 aromatic rings. The fraction of sp³-hybridized carbons (Fsp3) is 0.263. The van der Waals surface area contributed by atoms with Crippen LogP contribution in [0.25, 0.3) is 0 Å². The monoisotopic (exact) mass is 308 g/mol. The van der Waals surface area contributed by atoms with E-state index in [0.717, 1.165) is 34.4 Å². The average Bonchev–Trinajstić information content (AvgIpc) is 3.02. The fourth-order valence-electron chi connectivity index (χ4n) is 2.74. The zero-order valence-corrected chi connectivity index (χ0v) is 13.4. The number of phenolic OH excluding ortho intramolecular Hbond substituents is 1. The van der Waals surface area contributed by atoms with Gasteiger partial charge in [-0.05, 0) is 54.8 Å². The summed E-state index contributed by atoms with van der Waals surface area (Å²) in [5.41, 5.74) is 5.19. The molecule has 4 nitrogen and oxygen atoms in total. The van der Waals surface area contributed by atoms with Crippen LogP contribution in [0.15, 0.2) is 47.6 Å². The summed E-state index contributed by atoms with van der Waals surface area (Å²) in [5.74, 6) is 0.252. The van der Waals surface area contributed by atoms with Gasteiger partial charge in [-0.25, -0.2) is 5.01 Å². The van der Waals surface area contributed by atoms with E-state index in [9.17, 15) is 9.90 Å². The van der Waals surface area contributed by atoms with E-state index in [4.69, 9.17) is 0 Å². The second-order valence-electron chi connectivity index (χ2n) is 5.97. The number of rotatable bonds is 3. The Morgan fingerprint density at radius 1 is 1.17 bits per heavy atom. The van der Waals surface area contributed by atoms with E-state index in [-0.39, 0.29) is 11.7 Å². The average molecular weight is 308 g/mol. The lowest BCUT2D eigenvalue weighted by Gasteiger charge is -2.13. The first kappa shape index (κ1) is 15.3. The molecule has 0 unspecified atom stereocenters. The molecule has 0 spiro atoms. The molecular weight excluding hydrogens is 288 g/mol. The number of amides is 1. The molecule has 1 aliphatic rings. The molecule has 1 heterocycles. The van der Waals surface area contributed by atoms with Crippen molar-refractivity contribution in [2.75, 3.05) is 6.54 Å². The van der Waals surface area contributed by atoms with Crippen molar-refractivity contribution in [2.24, 2.45) is 5.10 Å². The molecule has 3 rings (SSSR count). The van der Waals surface area contributed by atoms with E-state index in [1.165, 1.54) is 0 Å². The van der Waals surface area contributed by atoms with Crippen molar-refractivity contribution in [3.8, 4) is 5.75 Å². The third-order valence-corrected chi connectivity index (χ3v) is 4.14. The van der Waals surface area contributed by atoms with Crippen molar-refractivity contribution in [3.05, 3.63) is 64.7 Å². The van der Waals surface area contributed by atoms with Gasteiger partial charge in [-0.1, -0.05) is 23.8 Å². The number of hydrazone groups is 1. The van der Waals surface area contributed by atoms with E-state index in [1.807, 2.05) is 32.0 Å². The lowest BCUT2D eigenvalue weighted by Crippen LogP contribution is -2.25. The molecule has 1 aliphatic heterocycles. The van der Waals surface area contributed by atoms with Gasteiger partial charge in [0.15, 0.2) is 0 Å². The van der Waals surface area contributed by atoms with E-state index in [1.54, 1.807) is 17.1 Å². The first-order chi connectivity index (χ1) is 11.0. The van der Waals surface area contributed by atoms with E-state index in [2.05, 4.69) is 17.2 Å². The topological polar surface area (TPSA) is 52.9 Å². The Labute approximate surface area is 136 Å². The number of benzene rings is 2. The van der Waals surface area contributed by atoms with Gasteiger partial charge in [0.2, 0.25) is 5.91 Å². The van der Waals surface area contributed by atoms with Crippen LogP contribution in [-0.4, -0.2) is 28.3 Å². The van der Waals surface area contributed by atoms with Gasteiger partial charge >= 0.3 is 0 Å². The number of nitrogens with zero attached hydrogens (tertiary/aromatic N) is 2. The van der Waals surface area contributed by atoms with E-state index < -0.39 is 0 Å². The highest BCUT2D eigenvalue weighted by atomic mass is 16.3. The molecule has 23 heavy (non-hydrogen) atoms. The smallest absolute Gasteiger partial charge is 0.247 e. The lowest BCUT2D eigenvalue weighted by molar-refractivity contribution is -0.130. The maximum absolute atomic E-state index is 12.5. The predicted molar refractivity (Wildman–Crippen MR) is 90.6 cm³/mol. The van der Waals surface area contributed by atoms with Crippen LogP contribution in [0, 0.1) is 13.8 Å². The Morgan fingerprint density at radius 2 is 1.91 bits per heavy atom. The summed E-state index contributed by atoms with van der Waals surface area (Å²) in [5, 5.41) is 15.4. The highest BCUT2D eigenvalue weighted by Crippen LogP contribution is 2.18. The van der Waals surface area contributed by atoms with Gasteiger partial charge in [-0.2, -0.15) is 5.10 Å². The number of carbonyl (C=O) groups is 1. The van der Waals surface area contributed by atoms with Gasteiger partial charge in [0.05, 0.1) is 18.7 Å². The van der Waals surface area contributed by atoms with Crippen LogP contribution in [0.4, 0.5) is 0 Å². The third kappa shape index (κ3) is 3.42. The number of hydrogen-bond acceptors (Lipinski definition) is 3. The molecule has 118 valence electrons. The van der Waals surface area contributed by atoms with Crippen molar-refractivity contribution in [2.45, 2.75) is 26.7 Å². The third-order valence-electron chi connectivity index (χ3n) is 4.14. The van der Waals surface area contributed by atoms with Crippen LogP contribution >= 0.6 is 0 Å². The quantitative estimate of drug-likeness (QED) is 0.946. The largest absolute Gasteiger partial charge is 0.508 e. The Balaban J connectivity index is 1.74. The molecule has 0 radical (unpaired) electrons. The van der Waals surface area contributed by atoms with Crippen molar-refractivity contribution in [3.63, 3.8) is 0 Å². The molecule has 0 bridgehead atoms. The predicted octanol–water partition coefficient (Wildman–Crippen LogP) is 3.19.